The predicted octanol–water partition coefficient (Wildman–Crippen LogP) is 3.04. The fourth-order valence-corrected chi connectivity index (χ4v) is 5.12. The summed E-state index contributed by atoms with van der Waals surface area (Å²) >= 11 is 0. The topological polar surface area (TPSA) is 21.3 Å². The lowest BCUT2D eigenvalue weighted by molar-refractivity contribution is 0.0788. The lowest BCUT2D eigenvalue weighted by Gasteiger charge is -2.56. The predicted molar refractivity (Wildman–Crippen MR) is 76.7 cm³/mol. The van der Waals surface area contributed by atoms with Crippen LogP contribution in [0.3, 0.4) is 0 Å². The molecule has 1 N–H and O–H groups in total. The van der Waals surface area contributed by atoms with Crippen LogP contribution in [0.2, 0.25) is 0 Å². The molecule has 1 aromatic carbocycles. The summed E-state index contributed by atoms with van der Waals surface area (Å²) < 4.78 is 5.63. The van der Waals surface area contributed by atoms with E-state index < -0.39 is 0 Å². The van der Waals surface area contributed by atoms with Crippen molar-refractivity contribution in [2.45, 2.75) is 50.0 Å². The van der Waals surface area contributed by atoms with Gasteiger partial charge in [-0.25, -0.2) is 0 Å². The molecular weight excluding hydrogens is 234 g/mol. The molecule has 0 unspecified atom stereocenters. The Morgan fingerprint density at radius 3 is 3.11 bits per heavy atom. The summed E-state index contributed by atoms with van der Waals surface area (Å²) in [5.41, 5.74) is 3.56. The van der Waals surface area contributed by atoms with Gasteiger partial charge in [0, 0.05) is 11.5 Å². The number of hydrogen-bond donors (Lipinski definition) is 1. The van der Waals surface area contributed by atoms with Gasteiger partial charge in [-0.2, -0.15) is 0 Å². The molecular formula is C17H23NO. The van der Waals surface area contributed by atoms with E-state index in [1.807, 2.05) is 7.11 Å². The Hall–Kier alpha value is -1.02. The summed E-state index contributed by atoms with van der Waals surface area (Å²) in [6, 6.07) is 7.39. The van der Waals surface area contributed by atoms with E-state index in [1.54, 1.807) is 5.56 Å². The fourth-order valence-electron chi connectivity index (χ4n) is 5.12. The van der Waals surface area contributed by atoms with Gasteiger partial charge in [-0.05, 0) is 55.3 Å². The van der Waals surface area contributed by atoms with Crippen LogP contribution in [-0.2, 0) is 11.8 Å². The Morgan fingerprint density at radius 1 is 1.26 bits per heavy atom. The molecule has 2 nitrogen and oxygen atoms in total. The number of benzene rings is 1. The quantitative estimate of drug-likeness (QED) is 0.835. The lowest BCUT2D eigenvalue weighted by Crippen LogP contribution is -2.59. The minimum absolute atomic E-state index is 0.455. The van der Waals surface area contributed by atoms with Crippen LogP contribution >= 0.6 is 0 Å². The first-order valence-electron chi connectivity index (χ1n) is 7.75. The van der Waals surface area contributed by atoms with Crippen LogP contribution in [0.25, 0.3) is 0 Å². The van der Waals surface area contributed by atoms with Crippen molar-refractivity contribution in [1.29, 1.82) is 0 Å². The Kier molecular flexibility index (Phi) is 2.63. The van der Waals surface area contributed by atoms with Gasteiger partial charge in [-0.15, -0.1) is 0 Å². The highest BCUT2D eigenvalue weighted by Crippen LogP contribution is 2.54. The van der Waals surface area contributed by atoms with Crippen LogP contribution < -0.4 is 10.1 Å². The molecule has 0 radical (unpaired) electrons. The van der Waals surface area contributed by atoms with Crippen molar-refractivity contribution in [3.63, 3.8) is 0 Å². The van der Waals surface area contributed by atoms with Crippen molar-refractivity contribution in [3.05, 3.63) is 29.3 Å². The molecule has 2 aliphatic carbocycles. The molecule has 1 saturated heterocycles. The number of hydrogen-bond acceptors (Lipinski definition) is 2. The number of rotatable bonds is 1. The van der Waals surface area contributed by atoms with E-state index in [0.717, 1.165) is 18.1 Å². The maximum absolute atomic E-state index is 5.63. The number of methoxy groups -OCH3 is 1. The summed E-state index contributed by atoms with van der Waals surface area (Å²) in [7, 11) is 1.81. The third kappa shape index (κ3) is 1.53. The molecule has 0 aromatic heterocycles. The highest BCUT2D eigenvalue weighted by atomic mass is 16.5. The van der Waals surface area contributed by atoms with E-state index in [1.165, 1.54) is 44.2 Å². The van der Waals surface area contributed by atoms with Gasteiger partial charge in [0.1, 0.15) is 5.75 Å². The smallest absolute Gasteiger partial charge is 0.122 e. The molecule has 3 atom stereocenters. The van der Waals surface area contributed by atoms with Crippen LogP contribution in [-0.4, -0.2) is 19.7 Å². The van der Waals surface area contributed by atoms with Crippen molar-refractivity contribution in [3.8, 4) is 5.75 Å². The second-order valence-electron chi connectivity index (χ2n) is 6.51. The standard InChI is InChI=1S/C17H23NO/c1-19-16-7-4-6-13-12(16)11-15-14-5-2-3-8-17(13,14)9-10-18-15/h4,6-7,14-15,18H,2-3,5,8-11H2,1H3/t14-,15+,17-/m0/s1. The molecule has 0 amide bonds. The number of ether oxygens (including phenoxy) is 1. The zero-order valence-electron chi connectivity index (χ0n) is 11.7. The Balaban J connectivity index is 1.91. The molecule has 1 aromatic rings. The molecule has 19 heavy (non-hydrogen) atoms. The first kappa shape index (κ1) is 11.8. The first-order valence-corrected chi connectivity index (χ1v) is 7.75. The van der Waals surface area contributed by atoms with Gasteiger partial charge in [0.05, 0.1) is 7.11 Å². The van der Waals surface area contributed by atoms with Crippen LogP contribution in [0, 0.1) is 5.92 Å². The van der Waals surface area contributed by atoms with Gasteiger partial charge in [0.15, 0.2) is 0 Å². The summed E-state index contributed by atoms with van der Waals surface area (Å²) in [6.45, 7) is 1.19. The van der Waals surface area contributed by atoms with Crippen molar-refractivity contribution in [2.75, 3.05) is 13.7 Å². The van der Waals surface area contributed by atoms with Gasteiger partial charge < -0.3 is 10.1 Å². The molecule has 1 heterocycles. The normalized spacial score (nSPS) is 36.3. The lowest BCUT2D eigenvalue weighted by atomic mass is 9.53. The highest BCUT2D eigenvalue weighted by Gasteiger charge is 2.51. The average Bonchev–Trinajstić information content (AvgIpc) is 2.46. The van der Waals surface area contributed by atoms with Crippen molar-refractivity contribution in [2.24, 2.45) is 5.92 Å². The molecule has 0 spiro atoms. The zero-order chi connectivity index (χ0) is 12.9. The second kappa shape index (κ2) is 4.24. The van der Waals surface area contributed by atoms with Crippen molar-refractivity contribution >= 4 is 0 Å². The van der Waals surface area contributed by atoms with Gasteiger partial charge in [0.2, 0.25) is 0 Å². The molecule has 3 aliphatic rings. The zero-order valence-corrected chi connectivity index (χ0v) is 11.7. The monoisotopic (exact) mass is 257 g/mol. The van der Waals surface area contributed by atoms with E-state index in [0.29, 0.717) is 11.5 Å². The van der Waals surface area contributed by atoms with Crippen molar-refractivity contribution in [1.82, 2.24) is 5.32 Å². The third-order valence-corrected chi connectivity index (χ3v) is 5.87. The molecule has 102 valence electrons. The average molecular weight is 257 g/mol. The molecule has 4 rings (SSSR count). The number of nitrogens with one attached hydrogen (secondary N) is 1. The molecule has 2 bridgehead atoms. The third-order valence-electron chi connectivity index (χ3n) is 5.87. The summed E-state index contributed by atoms with van der Waals surface area (Å²) in [5.74, 6) is 1.96. The van der Waals surface area contributed by atoms with Crippen LogP contribution in [0.15, 0.2) is 18.2 Å². The van der Waals surface area contributed by atoms with Crippen LogP contribution in [0.1, 0.15) is 43.2 Å². The fraction of sp³-hybridized carbons (Fsp3) is 0.647. The van der Waals surface area contributed by atoms with Gasteiger partial charge >= 0.3 is 0 Å². The SMILES string of the molecule is COc1cccc2c1C[C@H]1NCC[C@@]23CCCC[C@@H]13. The van der Waals surface area contributed by atoms with Gasteiger partial charge in [0.25, 0.3) is 0 Å². The maximum Gasteiger partial charge on any atom is 0.122 e. The maximum atomic E-state index is 5.63. The molecule has 2 fully saturated rings. The minimum Gasteiger partial charge on any atom is -0.496 e. The second-order valence-corrected chi connectivity index (χ2v) is 6.51. The van der Waals surface area contributed by atoms with E-state index in [-0.39, 0.29) is 0 Å². The molecule has 1 saturated carbocycles. The number of fused-ring (bicyclic) bond motifs is 1. The number of piperidine rings is 1. The van der Waals surface area contributed by atoms with E-state index in [2.05, 4.69) is 23.5 Å². The van der Waals surface area contributed by atoms with Crippen LogP contribution in [0.4, 0.5) is 0 Å². The van der Waals surface area contributed by atoms with Crippen LogP contribution in [0.5, 0.6) is 5.75 Å². The highest BCUT2D eigenvalue weighted by molar-refractivity contribution is 5.48. The Labute approximate surface area is 115 Å². The molecule has 1 aliphatic heterocycles. The van der Waals surface area contributed by atoms with E-state index in [4.69, 9.17) is 4.74 Å². The summed E-state index contributed by atoms with van der Waals surface area (Å²) in [4.78, 5) is 0. The Morgan fingerprint density at radius 2 is 2.21 bits per heavy atom. The van der Waals surface area contributed by atoms with Gasteiger partial charge in [-0.3, -0.25) is 0 Å². The molecule has 2 heteroatoms. The summed E-state index contributed by atoms with van der Waals surface area (Å²) in [6.07, 6.45) is 8.09. The summed E-state index contributed by atoms with van der Waals surface area (Å²) in [5, 5.41) is 3.78. The van der Waals surface area contributed by atoms with Gasteiger partial charge in [-0.1, -0.05) is 25.0 Å². The van der Waals surface area contributed by atoms with E-state index in [9.17, 15) is 0 Å². The van der Waals surface area contributed by atoms with Crippen molar-refractivity contribution < 1.29 is 4.74 Å². The largest absolute Gasteiger partial charge is 0.496 e. The Bertz CT molecular complexity index is 494. The van der Waals surface area contributed by atoms with E-state index >= 15 is 0 Å². The minimum atomic E-state index is 0.455. The first-order chi connectivity index (χ1) is 9.35.